The number of fused-ring (bicyclic) bond motifs is 1. The van der Waals surface area contributed by atoms with Gasteiger partial charge in [-0.3, -0.25) is 9.78 Å². The number of carbonyl (C=O) groups is 2. The van der Waals surface area contributed by atoms with Crippen molar-refractivity contribution in [1.29, 1.82) is 0 Å². The SMILES string of the molecule is CC(C)OC(=O)N1CCC2(CC1)Cc1ccccc1CN(Cc1cccnc1)C2=O. The van der Waals surface area contributed by atoms with Gasteiger partial charge in [0, 0.05) is 38.6 Å². The molecule has 0 aliphatic carbocycles. The van der Waals surface area contributed by atoms with Crippen LogP contribution in [0.15, 0.2) is 48.8 Å². The molecule has 0 unspecified atom stereocenters. The summed E-state index contributed by atoms with van der Waals surface area (Å²) in [5, 5.41) is 0. The van der Waals surface area contributed by atoms with E-state index < -0.39 is 5.41 Å². The number of amides is 2. The molecule has 1 aromatic carbocycles. The largest absolute Gasteiger partial charge is 0.447 e. The fourth-order valence-electron chi connectivity index (χ4n) is 4.56. The smallest absolute Gasteiger partial charge is 0.410 e. The Bertz CT molecular complexity index is 905. The van der Waals surface area contributed by atoms with E-state index in [1.165, 1.54) is 11.1 Å². The monoisotopic (exact) mass is 407 g/mol. The van der Waals surface area contributed by atoms with Gasteiger partial charge in [0.2, 0.25) is 5.91 Å². The first-order chi connectivity index (χ1) is 14.5. The van der Waals surface area contributed by atoms with E-state index in [1.54, 1.807) is 11.1 Å². The first-order valence-corrected chi connectivity index (χ1v) is 10.7. The lowest BCUT2D eigenvalue weighted by molar-refractivity contribution is -0.145. The Morgan fingerprint density at radius 2 is 1.87 bits per heavy atom. The van der Waals surface area contributed by atoms with Crippen LogP contribution in [0.3, 0.4) is 0 Å². The lowest BCUT2D eigenvalue weighted by atomic mass is 9.73. The number of pyridine rings is 1. The summed E-state index contributed by atoms with van der Waals surface area (Å²) in [5.41, 5.74) is 2.98. The molecule has 0 atom stereocenters. The van der Waals surface area contributed by atoms with Crippen molar-refractivity contribution < 1.29 is 14.3 Å². The molecule has 158 valence electrons. The zero-order valence-electron chi connectivity index (χ0n) is 17.7. The summed E-state index contributed by atoms with van der Waals surface area (Å²) in [6, 6.07) is 12.2. The summed E-state index contributed by atoms with van der Waals surface area (Å²) in [6.07, 6.45) is 5.16. The molecule has 6 nitrogen and oxygen atoms in total. The molecule has 2 aromatic rings. The number of piperidine rings is 1. The predicted octanol–water partition coefficient (Wildman–Crippen LogP) is 3.79. The van der Waals surface area contributed by atoms with Gasteiger partial charge < -0.3 is 14.5 Å². The number of benzene rings is 1. The van der Waals surface area contributed by atoms with Gasteiger partial charge >= 0.3 is 6.09 Å². The molecule has 0 radical (unpaired) electrons. The first-order valence-electron chi connectivity index (χ1n) is 10.7. The molecule has 4 rings (SSSR count). The standard InChI is InChI=1S/C24H29N3O3/c1-18(2)30-23(29)26-12-9-24(10-13-26)14-20-7-3-4-8-21(20)17-27(22(24)28)16-19-6-5-11-25-15-19/h3-8,11,15,18H,9-10,12-14,16-17H2,1-2H3. The Morgan fingerprint density at radius 3 is 2.53 bits per heavy atom. The van der Waals surface area contributed by atoms with Crippen LogP contribution in [-0.4, -0.2) is 46.0 Å². The minimum atomic E-state index is -0.483. The van der Waals surface area contributed by atoms with Crippen molar-refractivity contribution in [3.05, 3.63) is 65.5 Å². The zero-order valence-corrected chi connectivity index (χ0v) is 17.7. The average molecular weight is 408 g/mol. The highest BCUT2D eigenvalue weighted by Crippen LogP contribution is 2.41. The second-order valence-corrected chi connectivity index (χ2v) is 8.67. The highest BCUT2D eigenvalue weighted by atomic mass is 16.6. The molecule has 3 heterocycles. The maximum atomic E-state index is 13.8. The molecule has 6 heteroatoms. The fourth-order valence-corrected chi connectivity index (χ4v) is 4.56. The van der Waals surface area contributed by atoms with E-state index in [0.717, 1.165) is 12.0 Å². The molecule has 0 bridgehead atoms. The van der Waals surface area contributed by atoms with E-state index in [9.17, 15) is 9.59 Å². The van der Waals surface area contributed by atoms with Gasteiger partial charge in [-0.05, 0) is 55.9 Å². The maximum Gasteiger partial charge on any atom is 0.410 e. The summed E-state index contributed by atoms with van der Waals surface area (Å²) >= 11 is 0. The molecule has 1 saturated heterocycles. The Hall–Kier alpha value is -2.89. The van der Waals surface area contributed by atoms with Crippen LogP contribution in [0.5, 0.6) is 0 Å². The van der Waals surface area contributed by atoms with Crippen molar-refractivity contribution in [2.24, 2.45) is 5.41 Å². The summed E-state index contributed by atoms with van der Waals surface area (Å²) < 4.78 is 5.36. The zero-order chi connectivity index (χ0) is 21.1. The van der Waals surface area contributed by atoms with E-state index in [-0.39, 0.29) is 18.1 Å². The van der Waals surface area contributed by atoms with E-state index >= 15 is 0 Å². The molecule has 2 aliphatic heterocycles. The lowest BCUT2D eigenvalue weighted by Crippen LogP contribution is -2.51. The van der Waals surface area contributed by atoms with Crippen LogP contribution < -0.4 is 0 Å². The van der Waals surface area contributed by atoms with Crippen molar-refractivity contribution in [3.8, 4) is 0 Å². The number of likely N-dealkylation sites (tertiary alicyclic amines) is 1. The molecule has 1 aromatic heterocycles. The molecule has 2 amide bonds. The van der Waals surface area contributed by atoms with Crippen LogP contribution in [0.25, 0.3) is 0 Å². The van der Waals surface area contributed by atoms with Gasteiger partial charge in [0.25, 0.3) is 0 Å². The third kappa shape index (κ3) is 4.18. The third-order valence-electron chi connectivity index (χ3n) is 6.16. The van der Waals surface area contributed by atoms with E-state index in [1.807, 2.05) is 49.2 Å². The molecule has 2 aliphatic rings. The minimum absolute atomic E-state index is 0.144. The van der Waals surface area contributed by atoms with Crippen LogP contribution in [0, 0.1) is 5.41 Å². The summed E-state index contributed by atoms with van der Waals surface area (Å²) in [6.45, 7) is 5.93. The van der Waals surface area contributed by atoms with Crippen LogP contribution in [0.1, 0.15) is 43.4 Å². The highest BCUT2D eigenvalue weighted by Gasteiger charge is 2.46. The van der Waals surface area contributed by atoms with Crippen LogP contribution in [0.4, 0.5) is 4.79 Å². The van der Waals surface area contributed by atoms with E-state index in [0.29, 0.717) is 39.0 Å². The van der Waals surface area contributed by atoms with Gasteiger partial charge in [-0.25, -0.2) is 4.79 Å². The number of rotatable bonds is 3. The Morgan fingerprint density at radius 1 is 1.13 bits per heavy atom. The van der Waals surface area contributed by atoms with Crippen molar-refractivity contribution in [2.75, 3.05) is 13.1 Å². The number of ether oxygens (including phenoxy) is 1. The first kappa shape index (κ1) is 20.4. The minimum Gasteiger partial charge on any atom is -0.447 e. The molecular weight excluding hydrogens is 378 g/mol. The second kappa shape index (κ2) is 8.46. The molecule has 0 saturated carbocycles. The predicted molar refractivity (Wildman–Crippen MR) is 113 cm³/mol. The maximum absolute atomic E-state index is 13.8. The number of hydrogen-bond acceptors (Lipinski definition) is 4. The number of carbonyl (C=O) groups excluding carboxylic acids is 2. The van der Waals surface area contributed by atoms with Gasteiger partial charge in [0.15, 0.2) is 0 Å². The average Bonchev–Trinajstić information content (AvgIpc) is 2.84. The number of nitrogens with zero attached hydrogens (tertiary/aromatic N) is 3. The van der Waals surface area contributed by atoms with Gasteiger partial charge in [0.1, 0.15) is 0 Å². The van der Waals surface area contributed by atoms with E-state index in [2.05, 4.69) is 17.1 Å². The van der Waals surface area contributed by atoms with Gasteiger partial charge in [-0.2, -0.15) is 0 Å². The third-order valence-corrected chi connectivity index (χ3v) is 6.16. The molecular formula is C24H29N3O3. The highest BCUT2D eigenvalue weighted by molar-refractivity contribution is 5.84. The lowest BCUT2D eigenvalue weighted by Gasteiger charge is -2.41. The van der Waals surface area contributed by atoms with Gasteiger partial charge in [0.05, 0.1) is 11.5 Å². The Balaban J connectivity index is 1.59. The van der Waals surface area contributed by atoms with Crippen molar-refractivity contribution in [3.63, 3.8) is 0 Å². The van der Waals surface area contributed by atoms with E-state index in [4.69, 9.17) is 4.74 Å². The normalized spacial score (nSPS) is 18.3. The summed E-state index contributed by atoms with van der Waals surface area (Å²) in [7, 11) is 0. The molecule has 0 N–H and O–H groups in total. The topological polar surface area (TPSA) is 62.7 Å². The Labute approximate surface area is 177 Å². The number of hydrogen-bond donors (Lipinski definition) is 0. The van der Waals surface area contributed by atoms with Crippen molar-refractivity contribution in [2.45, 2.75) is 52.3 Å². The van der Waals surface area contributed by atoms with Crippen molar-refractivity contribution in [1.82, 2.24) is 14.8 Å². The summed E-state index contributed by atoms with van der Waals surface area (Å²) in [5.74, 6) is 0.180. The fraction of sp³-hybridized carbons (Fsp3) is 0.458. The quantitative estimate of drug-likeness (QED) is 0.777. The van der Waals surface area contributed by atoms with Crippen LogP contribution >= 0.6 is 0 Å². The van der Waals surface area contributed by atoms with Crippen LogP contribution in [-0.2, 0) is 29.0 Å². The van der Waals surface area contributed by atoms with Crippen molar-refractivity contribution >= 4 is 12.0 Å². The molecule has 1 spiro atoms. The Kier molecular flexibility index (Phi) is 5.75. The number of aromatic nitrogens is 1. The summed E-state index contributed by atoms with van der Waals surface area (Å²) in [4.78, 5) is 34.1. The van der Waals surface area contributed by atoms with Gasteiger partial charge in [-0.15, -0.1) is 0 Å². The second-order valence-electron chi connectivity index (χ2n) is 8.67. The van der Waals surface area contributed by atoms with Gasteiger partial charge in [-0.1, -0.05) is 30.3 Å². The molecule has 30 heavy (non-hydrogen) atoms. The molecule has 1 fully saturated rings. The van der Waals surface area contributed by atoms with Crippen LogP contribution in [0.2, 0.25) is 0 Å².